The van der Waals surface area contributed by atoms with Crippen LogP contribution in [-0.4, -0.2) is 6.10 Å². The number of ether oxygens (including phenoxy) is 1. The maximum atomic E-state index is 5.93. The molecule has 0 aliphatic heterocycles. The van der Waals surface area contributed by atoms with E-state index < -0.39 is 0 Å². The summed E-state index contributed by atoms with van der Waals surface area (Å²) in [5, 5.41) is 0.573. The second-order valence-corrected chi connectivity index (χ2v) is 4.47. The summed E-state index contributed by atoms with van der Waals surface area (Å²) >= 11 is 5.93. The van der Waals surface area contributed by atoms with Gasteiger partial charge in [-0.3, -0.25) is 0 Å². The van der Waals surface area contributed by atoms with Gasteiger partial charge in [-0.1, -0.05) is 18.0 Å². The van der Waals surface area contributed by atoms with Crippen LogP contribution in [0.15, 0.2) is 18.2 Å². The van der Waals surface area contributed by atoms with Crippen LogP contribution >= 0.6 is 11.6 Å². The topological polar surface area (TPSA) is 35.2 Å². The molecule has 0 radical (unpaired) electrons. The minimum Gasteiger partial charge on any atom is -0.490 e. The van der Waals surface area contributed by atoms with E-state index >= 15 is 0 Å². The first-order valence-corrected chi connectivity index (χ1v) is 5.85. The van der Waals surface area contributed by atoms with Gasteiger partial charge < -0.3 is 10.5 Å². The van der Waals surface area contributed by atoms with Gasteiger partial charge in [0, 0.05) is 6.07 Å². The number of hydrogen-bond donors (Lipinski definition) is 1. The highest BCUT2D eigenvalue weighted by molar-refractivity contribution is 6.33. The van der Waals surface area contributed by atoms with Crippen molar-refractivity contribution in [3.63, 3.8) is 0 Å². The molecule has 2 rings (SSSR count). The van der Waals surface area contributed by atoms with E-state index in [2.05, 4.69) is 0 Å². The normalized spacial score (nSPS) is 17.7. The molecule has 3 heteroatoms. The SMILES string of the molecule is Nc1ccc(OC2CCCCC2)cc1Cl. The van der Waals surface area contributed by atoms with Crippen molar-refractivity contribution in [3.8, 4) is 5.75 Å². The van der Waals surface area contributed by atoms with Gasteiger partial charge in [-0.2, -0.15) is 0 Å². The summed E-state index contributed by atoms with van der Waals surface area (Å²) in [6, 6.07) is 5.47. The number of nitrogen functional groups attached to an aromatic ring is 1. The Bertz CT molecular complexity index is 334. The molecular formula is C12H16ClNO. The fraction of sp³-hybridized carbons (Fsp3) is 0.500. The quantitative estimate of drug-likeness (QED) is 0.780. The van der Waals surface area contributed by atoms with Crippen LogP contribution in [0.5, 0.6) is 5.75 Å². The highest BCUT2D eigenvalue weighted by Gasteiger charge is 2.14. The van der Waals surface area contributed by atoms with Crippen molar-refractivity contribution in [1.82, 2.24) is 0 Å². The van der Waals surface area contributed by atoms with Crippen molar-refractivity contribution in [3.05, 3.63) is 23.2 Å². The van der Waals surface area contributed by atoms with Gasteiger partial charge in [0.15, 0.2) is 0 Å². The lowest BCUT2D eigenvalue weighted by Gasteiger charge is -2.23. The Balaban J connectivity index is 2.00. The molecule has 1 aliphatic carbocycles. The lowest BCUT2D eigenvalue weighted by Crippen LogP contribution is -2.19. The Hall–Kier alpha value is -0.890. The van der Waals surface area contributed by atoms with Gasteiger partial charge in [0.1, 0.15) is 5.75 Å². The van der Waals surface area contributed by atoms with Gasteiger partial charge in [0.25, 0.3) is 0 Å². The molecule has 2 nitrogen and oxygen atoms in total. The molecule has 1 fully saturated rings. The predicted octanol–water partition coefficient (Wildman–Crippen LogP) is 3.63. The first-order chi connectivity index (χ1) is 7.25. The van der Waals surface area contributed by atoms with Crippen LogP contribution < -0.4 is 10.5 Å². The van der Waals surface area contributed by atoms with Crippen molar-refractivity contribution in [1.29, 1.82) is 0 Å². The first kappa shape index (κ1) is 10.6. The monoisotopic (exact) mass is 225 g/mol. The van der Waals surface area contributed by atoms with Gasteiger partial charge in [0.05, 0.1) is 16.8 Å². The van der Waals surface area contributed by atoms with E-state index in [-0.39, 0.29) is 0 Å². The Morgan fingerprint density at radius 2 is 1.93 bits per heavy atom. The number of benzene rings is 1. The number of nitrogens with two attached hydrogens (primary N) is 1. The Kier molecular flexibility index (Phi) is 3.37. The van der Waals surface area contributed by atoms with Crippen LogP contribution in [-0.2, 0) is 0 Å². The van der Waals surface area contributed by atoms with Crippen molar-refractivity contribution in [2.45, 2.75) is 38.2 Å². The fourth-order valence-corrected chi connectivity index (χ4v) is 2.13. The lowest BCUT2D eigenvalue weighted by molar-refractivity contribution is 0.155. The van der Waals surface area contributed by atoms with Crippen molar-refractivity contribution < 1.29 is 4.74 Å². The van der Waals surface area contributed by atoms with Crippen LogP contribution in [0.3, 0.4) is 0 Å². The number of halogens is 1. The molecule has 1 saturated carbocycles. The van der Waals surface area contributed by atoms with Crippen LogP contribution in [0, 0.1) is 0 Å². The van der Waals surface area contributed by atoms with E-state index in [9.17, 15) is 0 Å². The van der Waals surface area contributed by atoms with E-state index in [4.69, 9.17) is 22.1 Å². The summed E-state index contributed by atoms with van der Waals surface area (Å²) in [6.45, 7) is 0. The van der Waals surface area contributed by atoms with Crippen LogP contribution in [0.1, 0.15) is 32.1 Å². The van der Waals surface area contributed by atoms with Crippen LogP contribution in [0.25, 0.3) is 0 Å². The second-order valence-electron chi connectivity index (χ2n) is 4.06. The number of rotatable bonds is 2. The average Bonchev–Trinajstić information content (AvgIpc) is 2.25. The summed E-state index contributed by atoms with van der Waals surface area (Å²) in [6.07, 6.45) is 6.55. The minimum atomic E-state index is 0.360. The Labute approximate surface area is 95.4 Å². The Morgan fingerprint density at radius 3 is 2.60 bits per heavy atom. The van der Waals surface area contributed by atoms with Crippen molar-refractivity contribution >= 4 is 17.3 Å². The third-order valence-corrected chi connectivity index (χ3v) is 3.15. The van der Waals surface area contributed by atoms with Crippen molar-refractivity contribution in [2.75, 3.05) is 5.73 Å². The summed E-state index contributed by atoms with van der Waals surface area (Å²) < 4.78 is 5.85. The molecule has 2 N–H and O–H groups in total. The number of hydrogen-bond acceptors (Lipinski definition) is 2. The van der Waals surface area contributed by atoms with Gasteiger partial charge in [0.2, 0.25) is 0 Å². The highest BCUT2D eigenvalue weighted by Crippen LogP contribution is 2.27. The molecule has 1 aromatic rings. The summed E-state index contributed by atoms with van der Waals surface area (Å²) in [4.78, 5) is 0. The van der Waals surface area contributed by atoms with Gasteiger partial charge in [-0.15, -0.1) is 0 Å². The zero-order valence-corrected chi connectivity index (χ0v) is 9.46. The molecule has 0 aromatic heterocycles. The third-order valence-electron chi connectivity index (χ3n) is 2.83. The van der Waals surface area contributed by atoms with Gasteiger partial charge in [-0.25, -0.2) is 0 Å². The molecule has 0 atom stereocenters. The minimum absolute atomic E-state index is 0.360. The molecule has 0 unspecified atom stereocenters. The summed E-state index contributed by atoms with van der Waals surface area (Å²) in [5.74, 6) is 0.834. The zero-order valence-electron chi connectivity index (χ0n) is 8.71. The van der Waals surface area contributed by atoms with E-state index in [0.29, 0.717) is 16.8 Å². The third kappa shape index (κ3) is 2.78. The van der Waals surface area contributed by atoms with Crippen LogP contribution in [0.4, 0.5) is 5.69 Å². The molecular weight excluding hydrogens is 210 g/mol. The molecule has 1 aromatic carbocycles. The molecule has 1 aliphatic rings. The Morgan fingerprint density at radius 1 is 1.20 bits per heavy atom. The summed E-state index contributed by atoms with van der Waals surface area (Å²) in [5.41, 5.74) is 6.24. The highest BCUT2D eigenvalue weighted by atomic mass is 35.5. The van der Waals surface area contributed by atoms with E-state index in [1.165, 1.54) is 19.3 Å². The number of anilines is 1. The van der Waals surface area contributed by atoms with Crippen molar-refractivity contribution in [2.24, 2.45) is 0 Å². The lowest BCUT2D eigenvalue weighted by atomic mass is 9.98. The maximum Gasteiger partial charge on any atom is 0.121 e. The summed E-state index contributed by atoms with van der Waals surface area (Å²) in [7, 11) is 0. The molecule has 0 heterocycles. The first-order valence-electron chi connectivity index (χ1n) is 5.47. The predicted molar refractivity (Wildman–Crippen MR) is 63.4 cm³/mol. The molecule has 15 heavy (non-hydrogen) atoms. The molecule has 0 saturated heterocycles. The van der Waals surface area contributed by atoms with Gasteiger partial charge >= 0.3 is 0 Å². The van der Waals surface area contributed by atoms with Gasteiger partial charge in [-0.05, 0) is 37.8 Å². The maximum absolute atomic E-state index is 5.93. The van der Waals surface area contributed by atoms with E-state index in [0.717, 1.165) is 18.6 Å². The molecule has 0 amide bonds. The largest absolute Gasteiger partial charge is 0.490 e. The molecule has 0 bridgehead atoms. The molecule has 82 valence electrons. The smallest absolute Gasteiger partial charge is 0.121 e. The average molecular weight is 226 g/mol. The van der Waals surface area contributed by atoms with E-state index in [1.54, 1.807) is 12.1 Å². The van der Waals surface area contributed by atoms with E-state index in [1.807, 2.05) is 6.07 Å². The zero-order chi connectivity index (χ0) is 10.7. The fourth-order valence-electron chi connectivity index (χ4n) is 1.96. The second kappa shape index (κ2) is 4.75. The molecule has 0 spiro atoms. The standard InChI is InChI=1S/C12H16ClNO/c13-11-8-10(6-7-12(11)14)15-9-4-2-1-3-5-9/h6-9H,1-5,14H2. The van der Waals surface area contributed by atoms with Crippen LogP contribution in [0.2, 0.25) is 5.02 Å².